The Bertz CT molecular complexity index is 835. The number of unbranched alkanes of at least 4 members (excludes halogenated alkanes) is 1. The van der Waals surface area contributed by atoms with E-state index >= 15 is 0 Å². The molecule has 0 aromatic heterocycles. The van der Waals surface area contributed by atoms with Gasteiger partial charge in [0.15, 0.2) is 0 Å². The van der Waals surface area contributed by atoms with Crippen molar-refractivity contribution in [2.75, 3.05) is 6.61 Å². The van der Waals surface area contributed by atoms with E-state index in [1.807, 2.05) is 43.3 Å². The van der Waals surface area contributed by atoms with Gasteiger partial charge in [-0.15, -0.1) is 0 Å². The minimum atomic E-state index is -0.207. The molecule has 0 aliphatic rings. The molecule has 3 rings (SSSR count). The Morgan fingerprint density at radius 3 is 2.04 bits per heavy atom. The predicted octanol–water partition coefficient (Wildman–Crippen LogP) is 6.90. The van der Waals surface area contributed by atoms with E-state index in [4.69, 9.17) is 4.74 Å². The molecular weight excluding hydrogens is 323 g/mol. The Morgan fingerprint density at radius 2 is 1.42 bits per heavy atom. The van der Waals surface area contributed by atoms with E-state index < -0.39 is 0 Å². The first-order valence-corrected chi connectivity index (χ1v) is 9.33. The van der Waals surface area contributed by atoms with E-state index in [1.165, 1.54) is 18.4 Å². The van der Waals surface area contributed by atoms with Gasteiger partial charge in [0.25, 0.3) is 0 Å². The van der Waals surface area contributed by atoms with Gasteiger partial charge in [0.2, 0.25) is 0 Å². The van der Waals surface area contributed by atoms with E-state index in [-0.39, 0.29) is 5.82 Å². The SMILES string of the molecule is CCCCc1ccc(-c2ccc(-c3ccc(OCC)cc3)c(F)c2)cc1. The maximum atomic E-state index is 14.7. The highest BCUT2D eigenvalue weighted by Crippen LogP contribution is 2.29. The van der Waals surface area contributed by atoms with Crippen LogP contribution in [0.2, 0.25) is 0 Å². The second kappa shape index (κ2) is 8.66. The lowest BCUT2D eigenvalue weighted by atomic mass is 9.98. The molecule has 0 radical (unpaired) electrons. The topological polar surface area (TPSA) is 9.23 Å². The van der Waals surface area contributed by atoms with Crippen LogP contribution < -0.4 is 4.74 Å². The van der Waals surface area contributed by atoms with Crippen molar-refractivity contribution in [3.05, 3.63) is 78.1 Å². The molecule has 0 spiro atoms. The van der Waals surface area contributed by atoms with Crippen molar-refractivity contribution in [1.29, 1.82) is 0 Å². The van der Waals surface area contributed by atoms with Crippen LogP contribution in [0.1, 0.15) is 32.3 Å². The van der Waals surface area contributed by atoms with Gasteiger partial charge in [-0.2, -0.15) is 0 Å². The minimum Gasteiger partial charge on any atom is -0.494 e. The molecule has 0 bridgehead atoms. The van der Waals surface area contributed by atoms with Crippen LogP contribution in [0.25, 0.3) is 22.3 Å². The van der Waals surface area contributed by atoms with Gasteiger partial charge in [-0.05, 0) is 60.2 Å². The van der Waals surface area contributed by atoms with Gasteiger partial charge in [0.1, 0.15) is 11.6 Å². The summed E-state index contributed by atoms with van der Waals surface area (Å²) in [5.74, 6) is 0.596. The average Bonchev–Trinajstić information content (AvgIpc) is 2.68. The molecule has 0 atom stereocenters. The summed E-state index contributed by atoms with van der Waals surface area (Å²) < 4.78 is 20.1. The third kappa shape index (κ3) is 4.32. The maximum absolute atomic E-state index is 14.7. The Hall–Kier alpha value is -2.61. The summed E-state index contributed by atoms with van der Waals surface area (Å²) in [6.07, 6.45) is 3.49. The van der Waals surface area contributed by atoms with E-state index in [2.05, 4.69) is 31.2 Å². The smallest absolute Gasteiger partial charge is 0.131 e. The molecule has 1 nitrogen and oxygen atoms in total. The summed E-state index contributed by atoms with van der Waals surface area (Å²) in [4.78, 5) is 0. The molecule has 0 aliphatic heterocycles. The number of hydrogen-bond donors (Lipinski definition) is 0. The fourth-order valence-electron chi connectivity index (χ4n) is 3.07. The fraction of sp³-hybridized carbons (Fsp3) is 0.250. The number of halogens is 1. The first-order valence-electron chi connectivity index (χ1n) is 9.33. The third-order valence-corrected chi connectivity index (χ3v) is 4.55. The van der Waals surface area contributed by atoms with Crippen LogP contribution in [0.4, 0.5) is 4.39 Å². The summed E-state index contributed by atoms with van der Waals surface area (Å²) in [5.41, 5.74) is 4.74. The molecule has 0 saturated heterocycles. The average molecular weight is 348 g/mol. The molecule has 0 N–H and O–H groups in total. The normalized spacial score (nSPS) is 10.7. The first kappa shape index (κ1) is 18.2. The summed E-state index contributed by atoms with van der Waals surface area (Å²) in [6.45, 7) is 4.77. The lowest BCUT2D eigenvalue weighted by Crippen LogP contribution is -1.91. The lowest BCUT2D eigenvalue weighted by molar-refractivity contribution is 0.340. The number of aryl methyl sites for hydroxylation is 1. The molecule has 0 saturated carbocycles. The standard InChI is InChI=1S/C24H25FO/c1-3-5-6-18-7-9-19(10-8-18)21-13-16-23(24(25)17-21)20-11-14-22(15-12-20)26-4-2/h7-17H,3-6H2,1-2H3. The van der Waals surface area contributed by atoms with Crippen LogP contribution in [0, 0.1) is 5.82 Å². The highest BCUT2D eigenvalue weighted by atomic mass is 19.1. The Kier molecular flexibility index (Phi) is 6.06. The van der Waals surface area contributed by atoms with Crippen molar-refractivity contribution in [2.24, 2.45) is 0 Å². The van der Waals surface area contributed by atoms with Crippen LogP contribution in [0.5, 0.6) is 5.75 Å². The Labute approximate surface area is 155 Å². The number of rotatable bonds is 7. The van der Waals surface area contributed by atoms with Gasteiger partial charge in [-0.3, -0.25) is 0 Å². The van der Waals surface area contributed by atoms with E-state index in [0.717, 1.165) is 28.9 Å². The summed E-state index contributed by atoms with van der Waals surface area (Å²) >= 11 is 0. The number of benzene rings is 3. The number of hydrogen-bond acceptors (Lipinski definition) is 1. The fourth-order valence-corrected chi connectivity index (χ4v) is 3.07. The van der Waals surface area contributed by atoms with Gasteiger partial charge in [0, 0.05) is 5.56 Å². The Balaban J connectivity index is 1.80. The molecule has 134 valence electrons. The lowest BCUT2D eigenvalue weighted by Gasteiger charge is -2.09. The predicted molar refractivity (Wildman–Crippen MR) is 107 cm³/mol. The first-order chi connectivity index (χ1) is 12.7. The molecular formula is C24H25FO. The van der Waals surface area contributed by atoms with Gasteiger partial charge in [0.05, 0.1) is 6.61 Å². The van der Waals surface area contributed by atoms with Gasteiger partial charge in [-0.25, -0.2) is 4.39 Å². The second-order valence-corrected chi connectivity index (χ2v) is 6.45. The van der Waals surface area contributed by atoms with Crippen molar-refractivity contribution in [1.82, 2.24) is 0 Å². The summed E-state index contributed by atoms with van der Waals surface area (Å²) in [6, 6.07) is 21.4. The number of ether oxygens (including phenoxy) is 1. The van der Waals surface area contributed by atoms with Crippen molar-refractivity contribution in [3.8, 4) is 28.0 Å². The molecule has 0 aliphatic carbocycles. The largest absolute Gasteiger partial charge is 0.494 e. The van der Waals surface area contributed by atoms with E-state index in [1.54, 1.807) is 6.07 Å². The van der Waals surface area contributed by atoms with Gasteiger partial charge >= 0.3 is 0 Å². The van der Waals surface area contributed by atoms with Crippen LogP contribution in [0.15, 0.2) is 66.7 Å². The van der Waals surface area contributed by atoms with E-state index in [0.29, 0.717) is 12.2 Å². The maximum Gasteiger partial charge on any atom is 0.131 e. The molecule has 2 heteroatoms. The quantitative estimate of drug-likeness (QED) is 0.451. The molecule has 26 heavy (non-hydrogen) atoms. The molecule has 0 amide bonds. The van der Waals surface area contributed by atoms with Crippen molar-refractivity contribution < 1.29 is 9.13 Å². The monoisotopic (exact) mass is 348 g/mol. The molecule has 3 aromatic carbocycles. The van der Waals surface area contributed by atoms with Crippen molar-refractivity contribution in [2.45, 2.75) is 33.1 Å². The third-order valence-electron chi connectivity index (χ3n) is 4.55. The summed E-state index contributed by atoms with van der Waals surface area (Å²) in [7, 11) is 0. The van der Waals surface area contributed by atoms with E-state index in [9.17, 15) is 4.39 Å². The zero-order valence-electron chi connectivity index (χ0n) is 15.5. The molecule has 3 aromatic rings. The molecule has 0 heterocycles. The Morgan fingerprint density at radius 1 is 0.769 bits per heavy atom. The van der Waals surface area contributed by atoms with Crippen LogP contribution >= 0.6 is 0 Å². The van der Waals surface area contributed by atoms with Crippen LogP contribution in [-0.2, 0) is 6.42 Å². The zero-order valence-corrected chi connectivity index (χ0v) is 15.5. The highest BCUT2D eigenvalue weighted by Gasteiger charge is 2.08. The van der Waals surface area contributed by atoms with Crippen molar-refractivity contribution in [3.63, 3.8) is 0 Å². The zero-order chi connectivity index (χ0) is 18.4. The molecule has 0 unspecified atom stereocenters. The second-order valence-electron chi connectivity index (χ2n) is 6.45. The van der Waals surface area contributed by atoms with Gasteiger partial charge in [-0.1, -0.05) is 61.9 Å². The highest BCUT2D eigenvalue weighted by molar-refractivity contribution is 5.71. The summed E-state index contributed by atoms with van der Waals surface area (Å²) in [5, 5.41) is 0. The molecule has 0 fully saturated rings. The van der Waals surface area contributed by atoms with Crippen molar-refractivity contribution >= 4 is 0 Å². The van der Waals surface area contributed by atoms with Crippen LogP contribution in [-0.4, -0.2) is 6.61 Å². The van der Waals surface area contributed by atoms with Gasteiger partial charge < -0.3 is 4.74 Å². The minimum absolute atomic E-state index is 0.207. The van der Waals surface area contributed by atoms with Crippen LogP contribution in [0.3, 0.4) is 0 Å².